The first kappa shape index (κ1) is 13.7. The lowest BCUT2D eigenvalue weighted by molar-refractivity contribution is 0.0784. The van der Waals surface area contributed by atoms with Gasteiger partial charge in [0.25, 0.3) is 5.91 Å². The third kappa shape index (κ3) is 3.41. The van der Waals surface area contributed by atoms with E-state index in [1.807, 2.05) is 37.3 Å². The highest BCUT2D eigenvalue weighted by molar-refractivity contribution is 9.10. The van der Waals surface area contributed by atoms with E-state index in [0.717, 1.165) is 15.6 Å². The Bertz CT molecular complexity index is 584. The smallest absolute Gasteiger partial charge is 0.255 e. The van der Waals surface area contributed by atoms with Crippen molar-refractivity contribution < 1.29 is 4.79 Å². The molecule has 0 aliphatic rings. The number of halogens is 1. The van der Waals surface area contributed by atoms with Crippen LogP contribution in [-0.4, -0.2) is 22.8 Å². The van der Waals surface area contributed by atoms with Crippen LogP contribution in [0.4, 0.5) is 0 Å². The number of carbonyl (C=O) groups is 1. The van der Waals surface area contributed by atoms with Gasteiger partial charge in [0, 0.05) is 30.5 Å². The average molecular weight is 319 g/mol. The van der Waals surface area contributed by atoms with Crippen molar-refractivity contribution in [2.24, 2.45) is 0 Å². The lowest BCUT2D eigenvalue weighted by Crippen LogP contribution is -2.26. The first-order valence-corrected chi connectivity index (χ1v) is 6.78. The molecule has 0 bridgehead atoms. The summed E-state index contributed by atoms with van der Waals surface area (Å²) in [6.07, 6.45) is 3.50. The summed E-state index contributed by atoms with van der Waals surface area (Å²) in [6, 6.07) is 9.60. The van der Waals surface area contributed by atoms with Crippen LogP contribution < -0.4 is 0 Å². The van der Waals surface area contributed by atoms with E-state index in [-0.39, 0.29) is 5.91 Å². The van der Waals surface area contributed by atoms with Crippen molar-refractivity contribution in [3.05, 3.63) is 63.9 Å². The molecular weight excluding hydrogens is 304 g/mol. The van der Waals surface area contributed by atoms with Crippen LogP contribution >= 0.6 is 15.9 Å². The predicted molar refractivity (Wildman–Crippen MR) is 78.9 cm³/mol. The van der Waals surface area contributed by atoms with Gasteiger partial charge in [0.15, 0.2) is 0 Å². The number of hydrogen-bond donors (Lipinski definition) is 0. The van der Waals surface area contributed by atoms with Gasteiger partial charge in [-0.2, -0.15) is 0 Å². The van der Waals surface area contributed by atoms with Crippen LogP contribution in [0.3, 0.4) is 0 Å². The van der Waals surface area contributed by atoms with Crippen LogP contribution in [0.25, 0.3) is 0 Å². The van der Waals surface area contributed by atoms with Crippen molar-refractivity contribution in [3.63, 3.8) is 0 Å². The summed E-state index contributed by atoms with van der Waals surface area (Å²) in [5, 5.41) is 0. The zero-order chi connectivity index (χ0) is 13.8. The fourth-order valence-electron chi connectivity index (χ4n) is 1.85. The van der Waals surface area contributed by atoms with Crippen molar-refractivity contribution >= 4 is 21.8 Å². The van der Waals surface area contributed by atoms with Crippen LogP contribution in [0.2, 0.25) is 0 Å². The number of rotatable bonds is 3. The number of carbonyl (C=O) groups excluding carboxylic acids is 1. The molecule has 19 heavy (non-hydrogen) atoms. The molecule has 0 spiro atoms. The first-order chi connectivity index (χ1) is 9.08. The summed E-state index contributed by atoms with van der Waals surface area (Å²) in [5.41, 5.74) is 2.77. The third-order valence-corrected chi connectivity index (χ3v) is 3.53. The predicted octanol–water partition coefficient (Wildman–Crippen LogP) is 3.42. The van der Waals surface area contributed by atoms with Crippen LogP contribution in [-0.2, 0) is 6.54 Å². The molecule has 1 aromatic carbocycles. The molecule has 98 valence electrons. The Morgan fingerprint density at radius 1 is 1.37 bits per heavy atom. The summed E-state index contributed by atoms with van der Waals surface area (Å²) in [4.78, 5) is 18.1. The van der Waals surface area contributed by atoms with E-state index in [0.29, 0.717) is 12.1 Å². The molecule has 2 rings (SSSR count). The monoisotopic (exact) mass is 318 g/mol. The first-order valence-electron chi connectivity index (χ1n) is 5.98. The highest BCUT2D eigenvalue weighted by Crippen LogP contribution is 2.20. The molecule has 1 aromatic heterocycles. The maximum atomic E-state index is 12.4. The van der Waals surface area contributed by atoms with Gasteiger partial charge in [-0.25, -0.2) is 0 Å². The number of benzene rings is 1. The topological polar surface area (TPSA) is 33.2 Å². The van der Waals surface area contributed by atoms with Gasteiger partial charge < -0.3 is 4.90 Å². The summed E-state index contributed by atoms with van der Waals surface area (Å²) >= 11 is 3.42. The molecule has 0 atom stereocenters. The average Bonchev–Trinajstić information content (AvgIpc) is 2.42. The highest BCUT2D eigenvalue weighted by atomic mass is 79.9. The van der Waals surface area contributed by atoms with Gasteiger partial charge in [0.1, 0.15) is 0 Å². The zero-order valence-corrected chi connectivity index (χ0v) is 12.5. The normalized spacial score (nSPS) is 10.3. The summed E-state index contributed by atoms with van der Waals surface area (Å²) in [7, 11) is 1.80. The summed E-state index contributed by atoms with van der Waals surface area (Å²) < 4.78 is 0.820. The van der Waals surface area contributed by atoms with Crippen molar-refractivity contribution in [2.75, 3.05) is 7.05 Å². The van der Waals surface area contributed by atoms with Gasteiger partial charge in [-0.05, 0) is 46.6 Å². The minimum atomic E-state index is -0.000530. The molecule has 4 heteroatoms. The SMILES string of the molecule is Cc1ccc(Br)c(C(=O)N(C)Cc2cccnc2)c1. The number of amides is 1. The van der Waals surface area contributed by atoms with Gasteiger partial charge >= 0.3 is 0 Å². The number of nitrogens with zero attached hydrogens (tertiary/aromatic N) is 2. The van der Waals surface area contributed by atoms with E-state index < -0.39 is 0 Å². The highest BCUT2D eigenvalue weighted by Gasteiger charge is 2.15. The van der Waals surface area contributed by atoms with Crippen molar-refractivity contribution in [1.82, 2.24) is 9.88 Å². The van der Waals surface area contributed by atoms with Gasteiger partial charge in [0.2, 0.25) is 0 Å². The standard InChI is InChI=1S/C15H15BrN2O/c1-11-5-6-14(16)13(8-11)15(19)18(2)10-12-4-3-7-17-9-12/h3-9H,10H2,1-2H3. The van der Waals surface area contributed by atoms with Gasteiger partial charge in [-0.3, -0.25) is 9.78 Å². The molecule has 2 aromatic rings. The van der Waals surface area contributed by atoms with E-state index >= 15 is 0 Å². The Morgan fingerprint density at radius 3 is 2.84 bits per heavy atom. The molecule has 0 aliphatic carbocycles. The van der Waals surface area contributed by atoms with E-state index in [9.17, 15) is 4.79 Å². The molecule has 0 N–H and O–H groups in total. The van der Waals surface area contributed by atoms with E-state index in [4.69, 9.17) is 0 Å². The van der Waals surface area contributed by atoms with Gasteiger partial charge in [0.05, 0.1) is 5.56 Å². The molecule has 1 amide bonds. The quantitative estimate of drug-likeness (QED) is 0.868. The van der Waals surface area contributed by atoms with Gasteiger partial charge in [-0.15, -0.1) is 0 Å². The second-order valence-corrected chi connectivity index (χ2v) is 5.36. The summed E-state index contributed by atoms with van der Waals surface area (Å²) in [6.45, 7) is 2.53. The fourth-order valence-corrected chi connectivity index (χ4v) is 2.26. The minimum absolute atomic E-state index is 0.000530. The molecule has 0 fully saturated rings. The molecule has 0 unspecified atom stereocenters. The van der Waals surface area contributed by atoms with Crippen molar-refractivity contribution in [3.8, 4) is 0 Å². The second-order valence-electron chi connectivity index (χ2n) is 4.51. The molecular formula is C15H15BrN2O. The molecule has 0 saturated carbocycles. The zero-order valence-electron chi connectivity index (χ0n) is 10.9. The Kier molecular flexibility index (Phi) is 4.32. The Morgan fingerprint density at radius 2 is 2.16 bits per heavy atom. The number of hydrogen-bond acceptors (Lipinski definition) is 2. The largest absolute Gasteiger partial charge is 0.337 e. The number of pyridine rings is 1. The van der Waals surface area contributed by atoms with E-state index in [1.54, 1.807) is 24.3 Å². The van der Waals surface area contributed by atoms with E-state index in [2.05, 4.69) is 20.9 Å². The van der Waals surface area contributed by atoms with Crippen LogP contribution in [0.5, 0.6) is 0 Å². The molecule has 0 aliphatic heterocycles. The Hall–Kier alpha value is -1.68. The lowest BCUT2D eigenvalue weighted by Gasteiger charge is -2.18. The van der Waals surface area contributed by atoms with Gasteiger partial charge in [-0.1, -0.05) is 17.7 Å². The fraction of sp³-hybridized carbons (Fsp3) is 0.200. The lowest BCUT2D eigenvalue weighted by atomic mass is 10.1. The van der Waals surface area contributed by atoms with Crippen molar-refractivity contribution in [2.45, 2.75) is 13.5 Å². The van der Waals surface area contributed by atoms with E-state index in [1.165, 1.54) is 0 Å². The number of aryl methyl sites for hydroxylation is 1. The Balaban J connectivity index is 2.17. The van der Waals surface area contributed by atoms with Crippen molar-refractivity contribution in [1.29, 1.82) is 0 Å². The minimum Gasteiger partial charge on any atom is -0.337 e. The summed E-state index contributed by atoms with van der Waals surface area (Å²) in [5.74, 6) is -0.000530. The van der Waals surface area contributed by atoms with Crippen LogP contribution in [0.1, 0.15) is 21.5 Å². The maximum absolute atomic E-state index is 12.4. The second kappa shape index (κ2) is 5.97. The molecule has 1 heterocycles. The number of aromatic nitrogens is 1. The maximum Gasteiger partial charge on any atom is 0.255 e. The Labute approximate surface area is 121 Å². The van der Waals surface area contributed by atoms with Crippen LogP contribution in [0.15, 0.2) is 47.2 Å². The third-order valence-electron chi connectivity index (χ3n) is 2.84. The molecule has 3 nitrogen and oxygen atoms in total. The molecule has 0 radical (unpaired) electrons. The van der Waals surface area contributed by atoms with Crippen LogP contribution in [0, 0.1) is 6.92 Å². The molecule has 0 saturated heterocycles.